The lowest BCUT2D eigenvalue weighted by Gasteiger charge is -2.35. The average Bonchev–Trinajstić information content (AvgIpc) is 2.43. The monoisotopic (exact) mass is 235 g/mol. The lowest BCUT2D eigenvalue weighted by atomic mass is 9.76. The van der Waals surface area contributed by atoms with Gasteiger partial charge in [-0.15, -0.1) is 13.2 Å². The first-order valence-corrected chi connectivity index (χ1v) is 6.83. The van der Waals surface area contributed by atoms with Crippen molar-refractivity contribution in [1.29, 1.82) is 0 Å². The molecule has 0 aromatic carbocycles. The van der Waals surface area contributed by atoms with Gasteiger partial charge in [-0.05, 0) is 44.7 Å². The van der Waals surface area contributed by atoms with Crippen molar-refractivity contribution in [3.8, 4) is 0 Å². The Morgan fingerprint density at radius 1 is 1.06 bits per heavy atom. The number of hydrogen-bond donors (Lipinski definition) is 1. The van der Waals surface area contributed by atoms with Crippen molar-refractivity contribution < 1.29 is 0 Å². The molecule has 0 bridgehead atoms. The van der Waals surface area contributed by atoms with Crippen LogP contribution in [-0.2, 0) is 0 Å². The van der Waals surface area contributed by atoms with Crippen LogP contribution in [0.5, 0.6) is 0 Å². The van der Waals surface area contributed by atoms with E-state index in [4.69, 9.17) is 0 Å². The first-order chi connectivity index (χ1) is 8.38. The predicted octanol–water partition coefficient (Wildman–Crippen LogP) is 4.34. The highest BCUT2D eigenvalue weighted by Gasteiger charge is 2.26. The Morgan fingerprint density at radius 2 is 1.71 bits per heavy atom. The van der Waals surface area contributed by atoms with E-state index in [0.717, 1.165) is 11.8 Å². The van der Waals surface area contributed by atoms with Crippen molar-refractivity contribution in [1.82, 2.24) is 5.32 Å². The molecule has 0 amide bonds. The van der Waals surface area contributed by atoms with Gasteiger partial charge < -0.3 is 5.32 Å². The van der Waals surface area contributed by atoms with Gasteiger partial charge in [0.2, 0.25) is 0 Å². The van der Waals surface area contributed by atoms with E-state index in [1.54, 1.807) is 6.08 Å². The average molecular weight is 235 g/mol. The maximum Gasteiger partial charge on any atom is -0.00179 e. The molecule has 2 fully saturated rings. The predicted molar refractivity (Wildman–Crippen MR) is 79.2 cm³/mol. The molecule has 0 radical (unpaired) electrons. The quantitative estimate of drug-likeness (QED) is 0.527. The molecule has 1 nitrogen and oxygen atoms in total. The van der Waals surface area contributed by atoms with E-state index in [0.29, 0.717) is 0 Å². The fourth-order valence-corrected chi connectivity index (χ4v) is 2.64. The van der Waals surface area contributed by atoms with E-state index < -0.39 is 0 Å². The van der Waals surface area contributed by atoms with Crippen molar-refractivity contribution >= 4 is 0 Å². The summed E-state index contributed by atoms with van der Waals surface area (Å²) in [6, 6.07) is 0. The Hall–Kier alpha value is -0.820. The number of rotatable bonds is 1. The fraction of sp³-hybridized carbons (Fsp3) is 0.625. The van der Waals surface area contributed by atoms with Crippen LogP contribution in [0.3, 0.4) is 0 Å². The van der Waals surface area contributed by atoms with E-state index in [1.165, 1.54) is 45.2 Å². The summed E-state index contributed by atoms with van der Waals surface area (Å²) in [6.07, 6.45) is 13.0. The molecule has 0 aromatic heterocycles. The summed E-state index contributed by atoms with van der Waals surface area (Å²) < 4.78 is 0. The maximum absolute atomic E-state index is 3.48. The van der Waals surface area contributed by atoms with Gasteiger partial charge in [0.1, 0.15) is 0 Å². The van der Waals surface area contributed by atoms with Crippen LogP contribution in [0.25, 0.3) is 0 Å². The van der Waals surface area contributed by atoms with E-state index in [9.17, 15) is 0 Å². The molecule has 2 rings (SSSR count). The Kier molecular flexibility index (Phi) is 11.1. The maximum atomic E-state index is 3.48. The molecule has 17 heavy (non-hydrogen) atoms. The fourth-order valence-electron chi connectivity index (χ4n) is 2.64. The van der Waals surface area contributed by atoms with Crippen molar-refractivity contribution in [3.05, 3.63) is 38.0 Å². The minimum absolute atomic E-state index is 1.04. The van der Waals surface area contributed by atoms with Crippen LogP contribution >= 0.6 is 0 Å². The highest BCUT2D eigenvalue weighted by Crippen LogP contribution is 2.33. The molecule has 0 spiro atoms. The molecular weight excluding hydrogens is 206 g/mol. The molecule has 2 atom stereocenters. The highest BCUT2D eigenvalue weighted by atomic mass is 14.9. The van der Waals surface area contributed by atoms with E-state index in [-0.39, 0.29) is 0 Å². The van der Waals surface area contributed by atoms with Gasteiger partial charge in [-0.1, -0.05) is 44.1 Å². The molecule has 1 aliphatic heterocycles. The van der Waals surface area contributed by atoms with Crippen LogP contribution < -0.4 is 5.32 Å². The number of allylic oxidation sites excluding steroid dienone is 3. The van der Waals surface area contributed by atoms with E-state index >= 15 is 0 Å². The molecule has 98 valence electrons. The van der Waals surface area contributed by atoms with Crippen molar-refractivity contribution in [2.45, 2.75) is 39.0 Å². The number of fused-ring (bicyclic) bond motifs is 1. The van der Waals surface area contributed by atoms with Gasteiger partial charge in [-0.2, -0.15) is 0 Å². The first-order valence-electron chi connectivity index (χ1n) is 6.83. The molecule has 1 saturated heterocycles. The summed E-state index contributed by atoms with van der Waals surface area (Å²) in [5, 5.41) is 3.48. The molecule has 2 unspecified atom stereocenters. The molecule has 1 N–H and O–H groups in total. The van der Waals surface area contributed by atoms with Crippen LogP contribution in [0.1, 0.15) is 39.0 Å². The van der Waals surface area contributed by atoms with Crippen molar-refractivity contribution in [2.24, 2.45) is 11.8 Å². The number of piperidine rings is 1. The van der Waals surface area contributed by atoms with Gasteiger partial charge in [0.05, 0.1) is 0 Å². The molecule has 1 aliphatic carbocycles. The molecule has 1 saturated carbocycles. The summed E-state index contributed by atoms with van der Waals surface area (Å²) >= 11 is 0. The third-order valence-corrected chi connectivity index (χ3v) is 3.49. The van der Waals surface area contributed by atoms with Gasteiger partial charge in [0, 0.05) is 0 Å². The Balaban J connectivity index is 0.000000315. The van der Waals surface area contributed by atoms with Crippen LogP contribution in [0.4, 0.5) is 0 Å². The van der Waals surface area contributed by atoms with E-state index in [1.807, 2.05) is 19.1 Å². The summed E-state index contributed by atoms with van der Waals surface area (Å²) in [5.41, 5.74) is 0. The smallest absolute Gasteiger partial charge is 0.00179 e. The summed E-state index contributed by atoms with van der Waals surface area (Å²) in [7, 11) is 0. The van der Waals surface area contributed by atoms with Gasteiger partial charge in [0.25, 0.3) is 0 Å². The number of hydrogen-bond acceptors (Lipinski definition) is 1. The lowest BCUT2D eigenvalue weighted by molar-refractivity contribution is 0.185. The van der Waals surface area contributed by atoms with Gasteiger partial charge >= 0.3 is 0 Å². The minimum Gasteiger partial charge on any atom is -0.316 e. The molecule has 2 aliphatic rings. The Morgan fingerprint density at radius 3 is 2.18 bits per heavy atom. The second kappa shape index (κ2) is 11.7. The summed E-state index contributed by atoms with van der Waals surface area (Å²) in [6.45, 7) is 14.0. The molecular formula is C16H29N. The molecule has 0 aromatic rings. The topological polar surface area (TPSA) is 12.0 Å². The van der Waals surface area contributed by atoms with Gasteiger partial charge in [-0.3, -0.25) is 0 Å². The Bertz CT molecular complexity index is 182. The summed E-state index contributed by atoms with van der Waals surface area (Å²) in [4.78, 5) is 0. The van der Waals surface area contributed by atoms with Crippen LogP contribution in [0.15, 0.2) is 38.0 Å². The van der Waals surface area contributed by atoms with E-state index in [2.05, 4.69) is 25.1 Å². The largest absolute Gasteiger partial charge is 0.316 e. The first kappa shape index (κ1) is 16.2. The van der Waals surface area contributed by atoms with Gasteiger partial charge in [0.15, 0.2) is 0 Å². The zero-order valence-electron chi connectivity index (χ0n) is 11.5. The van der Waals surface area contributed by atoms with Crippen molar-refractivity contribution in [3.63, 3.8) is 0 Å². The SMILES string of the molecule is C1CCC2CNCCC2C1.C=C.C=C/C=C\C. The van der Waals surface area contributed by atoms with Crippen molar-refractivity contribution in [2.75, 3.05) is 13.1 Å². The third kappa shape index (κ3) is 7.17. The standard InChI is InChI=1S/C9H17N.C5H8.C2H4/c1-2-4-9-7-10-6-5-8(9)3-1;1-3-5-4-2;1-2/h8-10H,1-7H2;3-5H,1H2,2H3;1-2H2/b;5-4-;. The molecule has 1 heterocycles. The molecule has 1 heteroatoms. The second-order valence-corrected chi connectivity index (χ2v) is 4.56. The highest BCUT2D eigenvalue weighted by molar-refractivity contribution is 4.94. The third-order valence-electron chi connectivity index (χ3n) is 3.49. The zero-order valence-corrected chi connectivity index (χ0v) is 11.5. The van der Waals surface area contributed by atoms with Gasteiger partial charge in [-0.25, -0.2) is 0 Å². The minimum atomic E-state index is 1.04. The lowest BCUT2D eigenvalue weighted by Crippen LogP contribution is -2.38. The van der Waals surface area contributed by atoms with Crippen LogP contribution in [0.2, 0.25) is 0 Å². The van der Waals surface area contributed by atoms with Crippen LogP contribution in [-0.4, -0.2) is 13.1 Å². The summed E-state index contributed by atoms with van der Waals surface area (Å²) in [5.74, 6) is 2.14. The zero-order chi connectivity index (χ0) is 12.9. The van der Waals surface area contributed by atoms with Crippen LogP contribution in [0, 0.1) is 11.8 Å². The normalized spacial score (nSPS) is 26.9. The second-order valence-electron chi connectivity index (χ2n) is 4.56. The number of nitrogens with one attached hydrogen (secondary N) is 1. The Labute approximate surface area is 108 Å².